The molecule has 0 spiro atoms. The maximum Gasteiger partial charge on any atom is 0.417 e. The quantitative estimate of drug-likeness (QED) is 0.384. The van der Waals surface area contributed by atoms with Gasteiger partial charge in [-0.05, 0) is 67.3 Å². The van der Waals surface area contributed by atoms with Crippen molar-refractivity contribution in [1.82, 2.24) is 19.5 Å². The van der Waals surface area contributed by atoms with Gasteiger partial charge in [0.15, 0.2) is 5.65 Å². The van der Waals surface area contributed by atoms with Crippen molar-refractivity contribution >= 4 is 28.9 Å². The van der Waals surface area contributed by atoms with Gasteiger partial charge in [-0.3, -0.25) is 4.79 Å². The number of carbonyl (C=O) groups is 1. The normalized spacial score (nSPS) is 14.3. The molecule has 1 aliphatic heterocycles. The Morgan fingerprint density at radius 1 is 0.971 bits per heavy atom. The molecule has 3 N–H and O–H groups in total. The van der Waals surface area contributed by atoms with E-state index in [4.69, 9.17) is 5.73 Å². The number of aromatic nitrogens is 3. The van der Waals surface area contributed by atoms with Crippen LogP contribution in [0.25, 0.3) is 16.8 Å². The Kier molecular flexibility index (Phi) is 5.80. The number of nitrogens with one attached hydrogen (secondary N) is 1. The van der Waals surface area contributed by atoms with Crippen LogP contribution < -0.4 is 11.1 Å². The topological polar surface area (TPSA) is 88.5 Å². The monoisotopic (exact) mass is 480 g/mol. The maximum absolute atomic E-state index is 13.6. The zero-order valence-corrected chi connectivity index (χ0v) is 18.7. The number of pyridine rings is 1. The molecule has 2 aromatic heterocycles. The van der Waals surface area contributed by atoms with Gasteiger partial charge in [0.1, 0.15) is 0 Å². The fourth-order valence-electron chi connectivity index (χ4n) is 4.17. The summed E-state index contributed by atoms with van der Waals surface area (Å²) >= 11 is 0. The highest BCUT2D eigenvalue weighted by Crippen LogP contribution is 2.34. The number of hydrogen-bond acceptors (Lipinski definition) is 5. The number of fused-ring (bicyclic) bond motifs is 1. The SMILES string of the molecule is Nc1ccc(Nc2nc3c(-c4ccc(C(=O)N5CCCCC5)cc4)cc(C(F)(F)F)cn3n2)cc1. The first-order valence-corrected chi connectivity index (χ1v) is 11.3. The minimum Gasteiger partial charge on any atom is -0.399 e. The first-order chi connectivity index (χ1) is 16.8. The lowest BCUT2D eigenvalue weighted by atomic mass is 10.0. The number of amides is 1. The number of anilines is 3. The Hall–Kier alpha value is -4.08. The highest BCUT2D eigenvalue weighted by atomic mass is 19.4. The molecule has 180 valence electrons. The summed E-state index contributed by atoms with van der Waals surface area (Å²) in [6.07, 6.45) is -0.586. The molecule has 3 heterocycles. The number of nitrogens with zero attached hydrogens (tertiary/aromatic N) is 4. The number of piperidine rings is 1. The molecular weight excluding hydrogens is 457 g/mol. The molecule has 0 radical (unpaired) electrons. The Balaban J connectivity index is 1.51. The first kappa shape index (κ1) is 22.7. The van der Waals surface area contributed by atoms with Crippen LogP contribution >= 0.6 is 0 Å². The van der Waals surface area contributed by atoms with Crippen molar-refractivity contribution in [2.45, 2.75) is 25.4 Å². The van der Waals surface area contributed by atoms with Crippen LogP contribution in [0.4, 0.5) is 30.5 Å². The van der Waals surface area contributed by atoms with Crippen molar-refractivity contribution < 1.29 is 18.0 Å². The Morgan fingerprint density at radius 2 is 1.66 bits per heavy atom. The van der Waals surface area contributed by atoms with Crippen molar-refractivity contribution in [3.8, 4) is 11.1 Å². The summed E-state index contributed by atoms with van der Waals surface area (Å²) in [7, 11) is 0. The van der Waals surface area contributed by atoms with Gasteiger partial charge in [0.05, 0.1) is 5.56 Å². The molecule has 1 amide bonds. The van der Waals surface area contributed by atoms with Crippen molar-refractivity contribution in [2.24, 2.45) is 0 Å². The second kappa shape index (κ2) is 8.94. The molecule has 1 fully saturated rings. The third-order valence-corrected chi connectivity index (χ3v) is 6.01. The molecular formula is C25H23F3N6O. The van der Waals surface area contributed by atoms with Gasteiger partial charge in [0.25, 0.3) is 5.91 Å². The Labute approximate surface area is 199 Å². The fourth-order valence-corrected chi connectivity index (χ4v) is 4.17. The molecule has 1 saturated heterocycles. The number of nitrogens with two attached hydrogens (primary N) is 1. The van der Waals surface area contributed by atoms with Crippen molar-refractivity contribution in [2.75, 3.05) is 24.1 Å². The molecule has 7 nitrogen and oxygen atoms in total. The van der Waals surface area contributed by atoms with Gasteiger partial charge in [0, 0.05) is 41.8 Å². The van der Waals surface area contributed by atoms with Crippen LogP contribution in [0.15, 0.2) is 60.8 Å². The van der Waals surface area contributed by atoms with Crippen LogP contribution in [0.1, 0.15) is 35.2 Å². The number of benzene rings is 2. The molecule has 2 aromatic carbocycles. The van der Waals surface area contributed by atoms with Crippen LogP contribution in [-0.4, -0.2) is 38.5 Å². The van der Waals surface area contributed by atoms with E-state index >= 15 is 0 Å². The lowest BCUT2D eigenvalue weighted by Gasteiger charge is -2.26. The number of likely N-dealkylation sites (tertiary alicyclic amines) is 1. The summed E-state index contributed by atoms with van der Waals surface area (Å²) in [5.41, 5.74) is 7.60. The summed E-state index contributed by atoms with van der Waals surface area (Å²) < 4.78 is 42.0. The van der Waals surface area contributed by atoms with Gasteiger partial charge in [0.2, 0.25) is 5.95 Å². The van der Waals surface area contributed by atoms with E-state index in [0.29, 0.717) is 22.5 Å². The van der Waals surface area contributed by atoms with Crippen LogP contribution in [0.3, 0.4) is 0 Å². The van der Waals surface area contributed by atoms with E-state index in [9.17, 15) is 18.0 Å². The van der Waals surface area contributed by atoms with Gasteiger partial charge in [-0.1, -0.05) is 12.1 Å². The van der Waals surface area contributed by atoms with Crippen LogP contribution in [0, 0.1) is 0 Å². The predicted octanol–water partition coefficient (Wildman–Crippen LogP) is 5.37. The van der Waals surface area contributed by atoms with E-state index in [0.717, 1.165) is 49.1 Å². The van der Waals surface area contributed by atoms with Gasteiger partial charge < -0.3 is 16.0 Å². The largest absolute Gasteiger partial charge is 0.417 e. The zero-order chi connectivity index (χ0) is 24.6. The van der Waals surface area contributed by atoms with E-state index < -0.39 is 11.7 Å². The predicted molar refractivity (Wildman–Crippen MR) is 127 cm³/mol. The summed E-state index contributed by atoms with van der Waals surface area (Å²) in [5, 5.41) is 7.19. The second-order valence-corrected chi connectivity index (χ2v) is 8.52. The van der Waals surface area contributed by atoms with Crippen LogP contribution in [0.2, 0.25) is 0 Å². The first-order valence-electron chi connectivity index (χ1n) is 11.3. The number of hydrogen-bond donors (Lipinski definition) is 2. The smallest absolute Gasteiger partial charge is 0.399 e. The Morgan fingerprint density at radius 3 is 2.31 bits per heavy atom. The van der Waals surface area contributed by atoms with Crippen molar-refractivity contribution in [3.63, 3.8) is 0 Å². The minimum absolute atomic E-state index is 0.0668. The van der Waals surface area contributed by atoms with Gasteiger partial charge in [-0.2, -0.15) is 18.2 Å². The van der Waals surface area contributed by atoms with Gasteiger partial charge >= 0.3 is 6.18 Å². The molecule has 0 saturated carbocycles. The number of alkyl halides is 3. The number of rotatable bonds is 4. The summed E-state index contributed by atoms with van der Waals surface area (Å²) in [4.78, 5) is 19.0. The van der Waals surface area contributed by atoms with E-state index in [1.54, 1.807) is 48.5 Å². The van der Waals surface area contributed by atoms with E-state index in [2.05, 4.69) is 15.4 Å². The van der Waals surface area contributed by atoms with Crippen LogP contribution in [0.5, 0.6) is 0 Å². The second-order valence-electron chi connectivity index (χ2n) is 8.52. The molecule has 5 rings (SSSR count). The average Bonchev–Trinajstić information content (AvgIpc) is 3.27. The number of halogens is 3. The lowest BCUT2D eigenvalue weighted by Crippen LogP contribution is -2.35. The summed E-state index contributed by atoms with van der Waals surface area (Å²) in [6, 6.07) is 14.5. The highest BCUT2D eigenvalue weighted by Gasteiger charge is 2.32. The maximum atomic E-state index is 13.6. The summed E-state index contributed by atoms with van der Waals surface area (Å²) in [5.74, 6) is 0.0788. The van der Waals surface area contributed by atoms with Gasteiger partial charge in [-0.25, -0.2) is 4.52 Å². The molecule has 35 heavy (non-hydrogen) atoms. The van der Waals surface area contributed by atoms with Crippen LogP contribution in [-0.2, 0) is 6.18 Å². The third-order valence-electron chi connectivity index (χ3n) is 6.01. The molecule has 1 aliphatic rings. The van der Waals surface area contributed by atoms with Gasteiger partial charge in [-0.15, -0.1) is 5.10 Å². The van der Waals surface area contributed by atoms with Crippen molar-refractivity contribution in [3.05, 3.63) is 71.9 Å². The standard InChI is InChI=1S/C25H23F3N6O/c26-25(27,28)18-14-21(16-4-6-17(7-5-16)23(35)33-12-2-1-3-13-33)22-31-24(32-34(22)15-18)30-20-10-8-19(29)9-11-20/h4-11,14-15H,1-3,12-13,29H2,(H,30,32). The van der Waals surface area contributed by atoms with E-state index in [1.165, 1.54) is 0 Å². The molecule has 0 aliphatic carbocycles. The lowest BCUT2D eigenvalue weighted by molar-refractivity contribution is -0.137. The molecule has 0 atom stereocenters. The van der Waals surface area contributed by atoms with Crippen molar-refractivity contribution in [1.29, 1.82) is 0 Å². The molecule has 0 bridgehead atoms. The average molecular weight is 480 g/mol. The van der Waals surface area contributed by atoms with E-state index in [1.807, 2.05) is 4.90 Å². The number of nitrogen functional groups attached to an aromatic ring is 1. The molecule has 10 heteroatoms. The molecule has 0 unspecified atom stereocenters. The van der Waals surface area contributed by atoms with E-state index in [-0.39, 0.29) is 23.1 Å². The highest BCUT2D eigenvalue weighted by molar-refractivity contribution is 5.95. The zero-order valence-electron chi connectivity index (χ0n) is 18.7. The summed E-state index contributed by atoms with van der Waals surface area (Å²) in [6.45, 7) is 1.44. The third kappa shape index (κ3) is 4.77. The number of carbonyl (C=O) groups excluding carboxylic acids is 1. The Bertz CT molecular complexity index is 1360. The minimum atomic E-state index is -4.57. The molecule has 4 aromatic rings. The fraction of sp³-hybridized carbons (Fsp3) is 0.240.